The number of aromatic nitrogens is 1. The van der Waals surface area contributed by atoms with Crippen molar-refractivity contribution < 1.29 is 14.3 Å². The SMILES string of the molecule is COC(=O)NC1(C(=O)Nc2ccc(-c3nc4ccc(C)cc4s3)cc2)CCCC1. The average molecular weight is 410 g/mol. The van der Waals surface area contributed by atoms with E-state index in [0.717, 1.165) is 33.6 Å². The van der Waals surface area contributed by atoms with Crippen LogP contribution in [0.4, 0.5) is 10.5 Å². The minimum Gasteiger partial charge on any atom is -0.453 e. The number of hydrogen-bond acceptors (Lipinski definition) is 5. The molecule has 1 saturated carbocycles. The highest BCUT2D eigenvalue weighted by Crippen LogP contribution is 2.33. The molecule has 1 aliphatic rings. The molecule has 0 atom stereocenters. The van der Waals surface area contributed by atoms with Crippen molar-refractivity contribution >= 4 is 39.2 Å². The van der Waals surface area contributed by atoms with Crippen molar-refractivity contribution in [2.75, 3.05) is 12.4 Å². The van der Waals surface area contributed by atoms with Crippen LogP contribution in [0.15, 0.2) is 42.5 Å². The van der Waals surface area contributed by atoms with Crippen molar-refractivity contribution in [1.82, 2.24) is 10.3 Å². The summed E-state index contributed by atoms with van der Waals surface area (Å²) in [5.41, 5.74) is 2.99. The van der Waals surface area contributed by atoms with Gasteiger partial charge in [-0.2, -0.15) is 0 Å². The second kappa shape index (κ2) is 7.83. The van der Waals surface area contributed by atoms with Crippen molar-refractivity contribution in [3.05, 3.63) is 48.0 Å². The Morgan fingerprint density at radius 3 is 2.52 bits per heavy atom. The number of carbonyl (C=O) groups is 2. The first-order valence-electron chi connectivity index (χ1n) is 9.64. The number of rotatable bonds is 4. The molecule has 29 heavy (non-hydrogen) atoms. The van der Waals surface area contributed by atoms with E-state index in [4.69, 9.17) is 9.72 Å². The van der Waals surface area contributed by atoms with Crippen LogP contribution in [0.2, 0.25) is 0 Å². The van der Waals surface area contributed by atoms with E-state index in [1.54, 1.807) is 11.3 Å². The predicted molar refractivity (Wildman–Crippen MR) is 115 cm³/mol. The van der Waals surface area contributed by atoms with E-state index in [9.17, 15) is 9.59 Å². The molecule has 0 radical (unpaired) electrons. The minimum atomic E-state index is -0.906. The highest BCUT2D eigenvalue weighted by atomic mass is 32.1. The zero-order chi connectivity index (χ0) is 20.4. The average Bonchev–Trinajstić information content (AvgIpc) is 3.36. The van der Waals surface area contributed by atoms with E-state index < -0.39 is 11.6 Å². The molecular weight excluding hydrogens is 386 g/mol. The molecule has 0 saturated heterocycles. The van der Waals surface area contributed by atoms with Gasteiger partial charge in [0.2, 0.25) is 5.91 Å². The number of carbonyl (C=O) groups excluding carboxylic acids is 2. The second-order valence-electron chi connectivity index (χ2n) is 7.43. The maximum atomic E-state index is 12.9. The van der Waals surface area contributed by atoms with Gasteiger partial charge in [-0.1, -0.05) is 18.9 Å². The van der Waals surface area contributed by atoms with Gasteiger partial charge in [-0.3, -0.25) is 4.79 Å². The molecule has 2 aromatic carbocycles. The molecule has 3 aromatic rings. The summed E-state index contributed by atoms with van der Waals surface area (Å²) in [6.07, 6.45) is 2.43. The van der Waals surface area contributed by atoms with Crippen molar-refractivity contribution in [3.63, 3.8) is 0 Å². The highest BCUT2D eigenvalue weighted by molar-refractivity contribution is 7.21. The van der Waals surface area contributed by atoms with E-state index >= 15 is 0 Å². The molecule has 0 bridgehead atoms. The number of nitrogens with zero attached hydrogens (tertiary/aromatic N) is 1. The monoisotopic (exact) mass is 409 g/mol. The molecule has 1 heterocycles. The number of amides is 2. The Morgan fingerprint density at radius 1 is 1.10 bits per heavy atom. The van der Waals surface area contributed by atoms with Crippen LogP contribution in [0.5, 0.6) is 0 Å². The summed E-state index contributed by atoms with van der Waals surface area (Å²) >= 11 is 1.65. The first-order chi connectivity index (χ1) is 14.0. The van der Waals surface area contributed by atoms with E-state index in [2.05, 4.69) is 29.7 Å². The number of alkyl carbamates (subject to hydrolysis) is 1. The Hall–Kier alpha value is -2.93. The molecule has 4 rings (SSSR count). The number of benzene rings is 2. The lowest BCUT2D eigenvalue weighted by Crippen LogP contribution is -2.55. The Morgan fingerprint density at radius 2 is 1.83 bits per heavy atom. The molecule has 1 aliphatic carbocycles. The molecule has 1 fully saturated rings. The van der Waals surface area contributed by atoms with E-state index in [1.807, 2.05) is 30.3 Å². The maximum Gasteiger partial charge on any atom is 0.407 e. The van der Waals surface area contributed by atoms with Gasteiger partial charge in [0, 0.05) is 11.3 Å². The normalized spacial score (nSPS) is 15.2. The summed E-state index contributed by atoms with van der Waals surface area (Å²) in [6, 6.07) is 13.9. The first-order valence-corrected chi connectivity index (χ1v) is 10.5. The number of nitrogens with one attached hydrogen (secondary N) is 2. The lowest BCUT2D eigenvalue weighted by molar-refractivity contribution is -0.122. The summed E-state index contributed by atoms with van der Waals surface area (Å²) in [5, 5.41) is 6.63. The fourth-order valence-corrected chi connectivity index (χ4v) is 4.81. The largest absolute Gasteiger partial charge is 0.453 e. The molecule has 0 aliphatic heterocycles. The summed E-state index contributed by atoms with van der Waals surface area (Å²) in [7, 11) is 1.30. The van der Waals surface area contributed by atoms with Gasteiger partial charge in [0.05, 0.1) is 17.3 Å². The van der Waals surface area contributed by atoms with Gasteiger partial charge in [0.25, 0.3) is 0 Å². The number of ether oxygens (including phenoxy) is 1. The number of aryl methyl sites for hydroxylation is 1. The van der Waals surface area contributed by atoms with Gasteiger partial charge < -0.3 is 15.4 Å². The quantitative estimate of drug-likeness (QED) is 0.644. The predicted octanol–water partition coefficient (Wildman–Crippen LogP) is 4.88. The number of anilines is 1. The van der Waals surface area contributed by atoms with Crippen LogP contribution in [-0.4, -0.2) is 29.6 Å². The first kappa shape index (κ1) is 19.4. The van der Waals surface area contributed by atoms with E-state index in [-0.39, 0.29) is 5.91 Å². The van der Waals surface area contributed by atoms with Crippen molar-refractivity contribution in [2.45, 2.75) is 38.1 Å². The van der Waals surface area contributed by atoms with Crippen LogP contribution in [0.25, 0.3) is 20.8 Å². The molecule has 6 nitrogen and oxygen atoms in total. The smallest absolute Gasteiger partial charge is 0.407 e. The van der Waals surface area contributed by atoms with Crippen LogP contribution in [0.1, 0.15) is 31.2 Å². The third-order valence-corrected chi connectivity index (χ3v) is 6.42. The second-order valence-corrected chi connectivity index (χ2v) is 8.46. The summed E-state index contributed by atoms with van der Waals surface area (Å²) in [4.78, 5) is 29.3. The highest BCUT2D eigenvalue weighted by Gasteiger charge is 2.42. The molecule has 0 unspecified atom stereocenters. The Bertz CT molecular complexity index is 1050. The number of thiazole rings is 1. The van der Waals surface area contributed by atoms with Crippen molar-refractivity contribution in [2.24, 2.45) is 0 Å². The van der Waals surface area contributed by atoms with Gasteiger partial charge in [0.1, 0.15) is 10.5 Å². The third-order valence-electron chi connectivity index (χ3n) is 5.35. The fourth-order valence-electron chi connectivity index (χ4n) is 3.74. The number of hydrogen-bond donors (Lipinski definition) is 2. The zero-order valence-electron chi connectivity index (χ0n) is 16.5. The third kappa shape index (κ3) is 3.96. The van der Waals surface area contributed by atoms with Gasteiger partial charge in [-0.05, 0) is 61.7 Å². The van der Waals surface area contributed by atoms with Gasteiger partial charge in [-0.25, -0.2) is 9.78 Å². The topological polar surface area (TPSA) is 80.3 Å². The van der Waals surface area contributed by atoms with Crippen molar-refractivity contribution in [1.29, 1.82) is 0 Å². The van der Waals surface area contributed by atoms with E-state index in [0.29, 0.717) is 18.5 Å². The Balaban J connectivity index is 1.51. The summed E-state index contributed by atoms with van der Waals surface area (Å²) in [6.45, 7) is 2.07. The van der Waals surface area contributed by atoms with Crippen LogP contribution in [-0.2, 0) is 9.53 Å². The van der Waals surface area contributed by atoms with Crippen LogP contribution in [0, 0.1) is 6.92 Å². The molecule has 0 spiro atoms. The molecule has 2 N–H and O–H groups in total. The molecule has 2 amide bonds. The van der Waals surface area contributed by atoms with Gasteiger partial charge >= 0.3 is 6.09 Å². The molecule has 150 valence electrons. The minimum absolute atomic E-state index is 0.205. The van der Waals surface area contributed by atoms with Crippen molar-refractivity contribution in [3.8, 4) is 10.6 Å². The standard InChI is InChI=1S/C22H23N3O3S/c1-14-5-10-17-18(13-14)29-19(24-17)15-6-8-16(9-7-15)23-20(26)22(11-3-4-12-22)25-21(27)28-2/h5-10,13H,3-4,11-12H2,1-2H3,(H,23,26)(H,25,27). The lowest BCUT2D eigenvalue weighted by atomic mass is 9.96. The fraction of sp³-hybridized carbons (Fsp3) is 0.318. The van der Waals surface area contributed by atoms with Gasteiger partial charge in [-0.15, -0.1) is 11.3 Å². The number of methoxy groups -OCH3 is 1. The summed E-state index contributed by atoms with van der Waals surface area (Å²) in [5.74, 6) is -0.205. The molecule has 1 aromatic heterocycles. The van der Waals surface area contributed by atoms with E-state index in [1.165, 1.54) is 12.7 Å². The zero-order valence-corrected chi connectivity index (χ0v) is 17.3. The van der Waals surface area contributed by atoms with Crippen LogP contribution < -0.4 is 10.6 Å². The van der Waals surface area contributed by atoms with Gasteiger partial charge in [0.15, 0.2) is 0 Å². The lowest BCUT2D eigenvalue weighted by Gasteiger charge is -2.28. The molecule has 7 heteroatoms. The maximum absolute atomic E-state index is 12.9. The summed E-state index contributed by atoms with van der Waals surface area (Å²) < 4.78 is 5.86. The number of fused-ring (bicyclic) bond motifs is 1. The van der Waals surface area contributed by atoms with Crippen LogP contribution in [0.3, 0.4) is 0 Å². The Labute approximate surface area is 173 Å². The Kier molecular flexibility index (Phi) is 5.24. The van der Waals surface area contributed by atoms with Crippen LogP contribution >= 0.6 is 11.3 Å². The molecular formula is C22H23N3O3S.